The molecule has 0 aliphatic carbocycles. The highest BCUT2D eigenvalue weighted by molar-refractivity contribution is 8.13. The van der Waals surface area contributed by atoms with E-state index >= 15 is 0 Å². The van der Waals surface area contributed by atoms with E-state index in [4.69, 9.17) is 35.7 Å². The fourth-order valence-corrected chi connectivity index (χ4v) is 12.6. The molecule has 33 nitrogen and oxygen atoms in total. The van der Waals surface area contributed by atoms with Crippen molar-refractivity contribution < 1.29 is 95.4 Å². The van der Waals surface area contributed by atoms with Crippen molar-refractivity contribution in [2.75, 3.05) is 61.3 Å². The van der Waals surface area contributed by atoms with Gasteiger partial charge in [0.2, 0.25) is 16.9 Å². The van der Waals surface area contributed by atoms with Crippen LogP contribution >= 0.6 is 35.2 Å². The Balaban J connectivity index is 0.854. The smallest absolute Gasteiger partial charge is 0.387 e. The normalized spacial score (nSPS) is 25.4. The second-order valence-electron chi connectivity index (χ2n) is 17.4. The van der Waals surface area contributed by atoms with Crippen molar-refractivity contribution in [3.63, 3.8) is 0 Å². The Kier molecular flexibility index (Phi) is 19.7. The van der Waals surface area contributed by atoms with Gasteiger partial charge in [0.15, 0.2) is 35.4 Å². The van der Waals surface area contributed by atoms with Gasteiger partial charge in [-0.2, -0.15) is 4.31 Å². The van der Waals surface area contributed by atoms with E-state index in [1.165, 1.54) is 31.1 Å². The standard InChI is InChI=1S/C36H56N13O20P3S2/c1-36(2,12-65-72(62,63)69-71(60,61)64-10-18-26(68-70(57,58)59)25(53)34(66-18)49-16-47-22-29(39)43-14-45-31(22)49)27(54)32(55)41-6-4-20(50)40-7-8-73-35(56)17(37)5-9-74(3)11-19-23(51)24(52)33(67-19)48-15-46-21-28(38)42-13-44-30(21)48/h13-19,23-27,33-34,51-54H,4-12,37H2,1-3H3,(H9-,38,39,40,41,42,43,44,45,50,55,57,58,59,60,61,62,63)/p+1/t17-,18?,19+,23+,24+,25?,26?,27?,33+,34?,74?/m0/s1. The number of nitrogens with one attached hydrogen (secondary N) is 2. The molecular formula is C36H57N13O20P3S2+. The third-order valence-corrected chi connectivity index (χ3v) is 17.2. The number of nitrogen functional groups attached to an aromatic ring is 2. The Morgan fingerprint density at radius 1 is 0.838 bits per heavy atom. The monoisotopic (exact) mass is 1150 g/mol. The Morgan fingerprint density at radius 3 is 2.00 bits per heavy atom. The summed E-state index contributed by atoms with van der Waals surface area (Å²) < 4.78 is 70.0. The number of ether oxygens (including phenoxy) is 2. The zero-order chi connectivity index (χ0) is 54.5. The topological polar surface area (TPSA) is 509 Å². The van der Waals surface area contributed by atoms with Gasteiger partial charge in [-0.1, -0.05) is 25.6 Å². The van der Waals surface area contributed by atoms with Crippen molar-refractivity contribution in [2.24, 2.45) is 11.1 Å². The first kappa shape index (κ1) is 59.3. The van der Waals surface area contributed by atoms with Crippen molar-refractivity contribution in [1.82, 2.24) is 49.7 Å². The van der Waals surface area contributed by atoms with E-state index in [-0.39, 0.29) is 64.1 Å². The lowest BCUT2D eigenvalue weighted by Crippen LogP contribution is -2.46. The molecule has 38 heteroatoms. The molecule has 0 spiro atoms. The maximum absolute atomic E-state index is 12.8. The minimum absolute atomic E-state index is 0.0150. The summed E-state index contributed by atoms with van der Waals surface area (Å²) in [7, 11) is -16.9. The molecule has 0 bridgehead atoms. The van der Waals surface area contributed by atoms with Crippen LogP contribution in [0.4, 0.5) is 11.6 Å². The van der Waals surface area contributed by atoms with Crippen LogP contribution in [0.2, 0.25) is 0 Å². The van der Waals surface area contributed by atoms with Crippen LogP contribution in [0.1, 0.15) is 39.1 Å². The first-order valence-electron chi connectivity index (χ1n) is 21.9. The molecule has 16 N–H and O–H groups in total. The van der Waals surface area contributed by atoms with Gasteiger partial charge in [-0.3, -0.25) is 37.1 Å². The number of anilines is 2. The molecule has 2 aliphatic rings. The number of hydrogen-bond donors (Lipinski definition) is 13. The van der Waals surface area contributed by atoms with Crippen LogP contribution in [-0.2, 0) is 66.3 Å². The van der Waals surface area contributed by atoms with Crippen LogP contribution < -0.4 is 27.8 Å². The van der Waals surface area contributed by atoms with Crippen LogP contribution in [0.25, 0.3) is 22.3 Å². The van der Waals surface area contributed by atoms with Crippen LogP contribution in [-0.4, -0.2) is 195 Å². The molecule has 13 atom stereocenters. The van der Waals surface area contributed by atoms with E-state index < -0.39 is 115 Å². The van der Waals surface area contributed by atoms with Crippen molar-refractivity contribution in [2.45, 2.75) is 87.9 Å². The van der Waals surface area contributed by atoms with Crippen molar-refractivity contribution >= 4 is 97.0 Å². The number of phosphoric acid groups is 3. The molecule has 0 saturated carbocycles. The number of rotatable bonds is 26. The summed E-state index contributed by atoms with van der Waals surface area (Å²) in [4.78, 5) is 101. The molecule has 4 aromatic heterocycles. The van der Waals surface area contributed by atoms with Crippen molar-refractivity contribution in [3.8, 4) is 0 Å². The van der Waals surface area contributed by atoms with Crippen molar-refractivity contribution in [3.05, 3.63) is 25.3 Å². The first-order valence-corrected chi connectivity index (χ1v) is 29.4. The lowest BCUT2D eigenvalue weighted by molar-refractivity contribution is -0.137. The van der Waals surface area contributed by atoms with Gasteiger partial charge in [-0.05, 0) is 10.9 Å². The number of nitrogens with zero attached hydrogens (tertiary/aromatic N) is 8. The molecule has 6 rings (SSSR count). The highest BCUT2D eigenvalue weighted by Crippen LogP contribution is 2.61. The average Bonchev–Trinajstić information content (AvgIpc) is 4.09. The van der Waals surface area contributed by atoms with Gasteiger partial charge >= 0.3 is 23.5 Å². The highest BCUT2D eigenvalue weighted by Gasteiger charge is 2.51. The third-order valence-electron chi connectivity index (χ3n) is 11.3. The summed E-state index contributed by atoms with van der Waals surface area (Å²) in [5.41, 5.74) is 16.9. The molecule has 412 valence electrons. The van der Waals surface area contributed by atoms with Gasteiger partial charge in [0.25, 0.3) is 0 Å². The molecule has 2 aliphatic heterocycles. The summed E-state index contributed by atoms with van der Waals surface area (Å²) in [6, 6.07) is -0.821. The van der Waals surface area contributed by atoms with E-state index in [2.05, 4.69) is 49.4 Å². The second-order valence-corrected chi connectivity index (χ2v) is 25.1. The quantitative estimate of drug-likeness (QED) is 0.0166. The average molecular weight is 1150 g/mol. The van der Waals surface area contributed by atoms with Crippen molar-refractivity contribution in [1.29, 1.82) is 0 Å². The number of hydrogen-bond acceptors (Lipinski definition) is 26. The molecule has 4 aromatic rings. The molecule has 74 heavy (non-hydrogen) atoms. The maximum Gasteiger partial charge on any atom is 0.481 e. The lowest BCUT2D eigenvalue weighted by atomic mass is 9.87. The van der Waals surface area contributed by atoms with Gasteiger partial charge in [-0.25, -0.2) is 43.6 Å². The predicted octanol–water partition coefficient (Wildman–Crippen LogP) is -3.33. The van der Waals surface area contributed by atoms with E-state index in [0.29, 0.717) is 29.1 Å². The van der Waals surface area contributed by atoms with Crippen LogP contribution in [0, 0.1) is 5.41 Å². The molecule has 0 aromatic carbocycles. The second kappa shape index (κ2) is 24.6. The Morgan fingerprint density at radius 2 is 1.41 bits per heavy atom. The number of aliphatic hydroxyl groups is 4. The highest BCUT2D eigenvalue weighted by atomic mass is 32.2. The molecule has 2 amide bonds. The van der Waals surface area contributed by atoms with E-state index in [9.17, 15) is 68.1 Å². The number of fused-ring (bicyclic) bond motifs is 2. The van der Waals surface area contributed by atoms with E-state index in [0.717, 1.165) is 29.0 Å². The fraction of sp³-hybridized carbons (Fsp3) is 0.639. The number of aliphatic hydroxyl groups excluding tert-OH is 4. The van der Waals surface area contributed by atoms with Gasteiger partial charge in [0.05, 0.1) is 38.2 Å². The summed E-state index contributed by atoms with van der Waals surface area (Å²) in [6.45, 7) is 0.178. The molecule has 8 unspecified atom stereocenters. The van der Waals surface area contributed by atoms with Crippen LogP contribution in [0.5, 0.6) is 0 Å². The third kappa shape index (κ3) is 15.2. The number of carbonyl (C=O) groups excluding carboxylic acids is 3. The van der Waals surface area contributed by atoms with Gasteiger partial charge in [-0.15, -0.1) is 0 Å². The van der Waals surface area contributed by atoms with E-state index in [1.54, 1.807) is 0 Å². The molecule has 0 radical (unpaired) electrons. The van der Waals surface area contributed by atoms with Gasteiger partial charge < -0.3 is 77.3 Å². The number of thioether (sulfide) groups is 1. The minimum atomic E-state index is -5.62. The van der Waals surface area contributed by atoms with Crippen LogP contribution in [0.3, 0.4) is 0 Å². The summed E-state index contributed by atoms with van der Waals surface area (Å²) in [5, 5.41) is 47.7. The summed E-state index contributed by atoms with van der Waals surface area (Å²) >= 11 is 0.917. The number of phosphoric ester groups is 3. The first-order chi connectivity index (χ1) is 34.6. The molecule has 2 fully saturated rings. The Labute approximate surface area is 426 Å². The Hall–Kier alpha value is -3.90. The van der Waals surface area contributed by atoms with Gasteiger partial charge in [0.1, 0.15) is 77.9 Å². The largest absolute Gasteiger partial charge is 0.481 e. The zero-order valence-corrected chi connectivity index (χ0v) is 43.7. The fourth-order valence-electron chi connectivity index (χ4n) is 7.35. The Bertz CT molecular complexity index is 2780. The molecule has 6 heterocycles. The molecule has 2 saturated heterocycles. The van der Waals surface area contributed by atoms with Gasteiger partial charge in [0, 0.05) is 37.1 Å². The number of nitrogens with two attached hydrogens (primary N) is 3. The number of carbonyl (C=O) groups is 3. The zero-order valence-electron chi connectivity index (χ0n) is 39.4. The summed E-state index contributed by atoms with van der Waals surface area (Å²) in [5.74, 6) is -0.356. The number of aromatic nitrogens is 8. The van der Waals surface area contributed by atoms with Crippen LogP contribution in [0.15, 0.2) is 25.3 Å². The number of imidazole rings is 2. The lowest BCUT2D eigenvalue weighted by Gasteiger charge is -2.30. The predicted molar refractivity (Wildman–Crippen MR) is 258 cm³/mol. The summed E-state index contributed by atoms with van der Waals surface area (Å²) in [6.07, 6.45) is -6.43. The SMILES string of the molecule is C[S+](CC[C@H](N)C(=O)SCCNC(=O)CCNC(=O)C(O)C(C)(C)COP(=O)(O)OP(=O)(O)OCC1OC(n2cnc3c(N)ncnc32)C(O)C1OP(=O)(O)O)C[C@H]1O[C@@H](n2cnc3c(N)ncnc32)[C@H](O)[C@@H]1O. The molecular weight excluding hydrogens is 1090 g/mol. The number of amides is 2. The maximum atomic E-state index is 12.8. The van der Waals surface area contributed by atoms with E-state index in [1.807, 2.05) is 6.26 Å². The minimum Gasteiger partial charge on any atom is -0.387 e.